The first-order chi connectivity index (χ1) is 14.4. The molecule has 6 nitrogen and oxygen atoms in total. The maximum atomic E-state index is 13.2. The van der Waals surface area contributed by atoms with Gasteiger partial charge in [0.05, 0.1) is 11.2 Å². The summed E-state index contributed by atoms with van der Waals surface area (Å²) in [7, 11) is -7.35. The van der Waals surface area contributed by atoms with Gasteiger partial charge < -0.3 is 4.74 Å². The van der Waals surface area contributed by atoms with Crippen molar-refractivity contribution in [3.05, 3.63) is 24.0 Å². The van der Waals surface area contributed by atoms with Crippen LogP contribution in [-0.2, 0) is 29.2 Å². The molecular weight excluding hydrogens is 504 g/mol. The van der Waals surface area contributed by atoms with E-state index in [0.29, 0.717) is 0 Å². The highest BCUT2D eigenvalue weighted by Gasteiger charge is 2.43. The van der Waals surface area contributed by atoms with E-state index < -0.39 is 46.9 Å². The highest BCUT2D eigenvalue weighted by Crippen LogP contribution is 2.37. The van der Waals surface area contributed by atoms with Crippen molar-refractivity contribution in [2.45, 2.75) is 88.3 Å². The van der Waals surface area contributed by atoms with Crippen molar-refractivity contribution in [3.8, 4) is 0 Å². The molecule has 1 saturated carbocycles. The Kier molecular flexibility index (Phi) is 11.5. The van der Waals surface area contributed by atoms with Crippen LogP contribution in [0.3, 0.4) is 0 Å². The molecule has 180 valence electrons. The number of carbonyl (C=O) groups is 1. The topological polar surface area (TPSA) is 94.6 Å². The van der Waals surface area contributed by atoms with E-state index in [9.17, 15) is 21.6 Å². The second-order valence-electron chi connectivity index (χ2n) is 8.90. The summed E-state index contributed by atoms with van der Waals surface area (Å²) < 4.78 is 53.7. The average Bonchev–Trinajstić information content (AvgIpc) is 2.71. The predicted octanol–water partition coefficient (Wildman–Crippen LogP) is 5.29. The zero-order chi connectivity index (χ0) is 23.7. The molecular formula is C22H37BrO6S2. The summed E-state index contributed by atoms with van der Waals surface area (Å²) >= 11 is 3.13. The number of ether oxygens (including phenoxy) is 1. The first-order valence-electron chi connectivity index (χ1n) is 10.9. The van der Waals surface area contributed by atoms with Gasteiger partial charge in [0, 0.05) is 10.8 Å². The molecule has 0 amide bonds. The Labute approximate surface area is 196 Å². The van der Waals surface area contributed by atoms with Gasteiger partial charge in [0.2, 0.25) is 0 Å². The normalized spacial score (nSPS) is 19.7. The number of hydrogen-bond acceptors (Lipinski definition) is 6. The van der Waals surface area contributed by atoms with Crippen LogP contribution in [0.25, 0.3) is 0 Å². The van der Waals surface area contributed by atoms with E-state index in [0.717, 1.165) is 49.3 Å². The monoisotopic (exact) mass is 540 g/mol. The zero-order valence-electron chi connectivity index (χ0n) is 18.7. The van der Waals surface area contributed by atoms with Crippen LogP contribution in [0, 0.1) is 11.3 Å². The second-order valence-corrected chi connectivity index (χ2v) is 14.7. The van der Waals surface area contributed by atoms with Crippen LogP contribution in [0.4, 0.5) is 0 Å². The first-order valence-corrected chi connectivity index (χ1v) is 15.2. The third-order valence-corrected chi connectivity index (χ3v) is 10.8. The Hall–Kier alpha value is -0.670. The molecule has 31 heavy (non-hydrogen) atoms. The molecule has 0 spiro atoms. The molecule has 2 atom stereocenters. The molecule has 0 saturated heterocycles. The molecule has 9 heteroatoms. The largest absolute Gasteiger partial charge is 0.462 e. The van der Waals surface area contributed by atoms with Crippen LogP contribution in [0.15, 0.2) is 24.0 Å². The molecule has 1 aliphatic rings. The van der Waals surface area contributed by atoms with Crippen molar-refractivity contribution in [1.29, 1.82) is 0 Å². The Morgan fingerprint density at radius 3 is 1.94 bits per heavy atom. The van der Waals surface area contributed by atoms with Crippen LogP contribution < -0.4 is 0 Å². The summed E-state index contributed by atoms with van der Waals surface area (Å²) in [4.78, 5) is 13.2. The minimum Gasteiger partial charge on any atom is -0.462 e. The van der Waals surface area contributed by atoms with Crippen molar-refractivity contribution >= 4 is 41.6 Å². The molecule has 1 fully saturated rings. The molecule has 0 N–H and O–H groups in total. The van der Waals surface area contributed by atoms with Gasteiger partial charge in [-0.3, -0.25) is 4.79 Å². The number of alkyl halides is 1. The standard InChI is InChI=1S/C22H37BrO6S2/c1-5-30(25,26)17-18(16-20(23)31(27,28)6-2)22(3,4)21(24)29-19-14-12-10-8-7-9-11-13-15-19/h5-6,18-20H,1-2,7-17H2,3-4H3. The van der Waals surface area contributed by atoms with E-state index in [4.69, 9.17) is 4.74 Å². The van der Waals surface area contributed by atoms with Crippen LogP contribution in [0.1, 0.15) is 78.1 Å². The van der Waals surface area contributed by atoms with Gasteiger partial charge in [0.15, 0.2) is 19.7 Å². The van der Waals surface area contributed by atoms with E-state index in [1.165, 1.54) is 19.3 Å². The molecule has 0 aliphatic heterocycles. The number of halogens is 1. The van der Waals surface area contributed by atoms with Crippen molar-refractivity contribution in [3.63, 3.8) is 0 Å². The van der Waals surface area contributed by atoms with E-state index in [1.54, 1.807) is 13.8 Å². The molecule has 1 aliphatic carbocycles. The third kappa shape index (κ3) is 9.38. The van der Waals surface area contributed by atoms with Gasteiger partial charge in [-0.15, -0.1) is 0 Å². The van der Waals surface area contributed by atoms with Crippen molar-refractivity contribution < 1.29 is 26.4 Å². The van der Waals surface area contributed by atoms with Crippen LogP contribution in [0.5, 0.6) is 0 Å². The highest BCUT2D eigenvalue weighted by atomic mass is 79.9. The van der Waals surface area contributed by atoms with Crippen molar-refractivity contribution in [1.82, 2.24) is 0 Å². The number of hydrogen-bond donors (Lipinski definition) is 0. The Morgan fingerprint density at radius 1 is 1.00 bits per heavy atom. The second kappa shape index (κ2) is 12.5. The average molecular weight is 542 g/mol. The lowest BCUT2D eigenvalue weighted by atomic mass is 9.78. The van der Waals surface area contributed by atoms with Gasteiger partial charge in [-0.25, -0.2) is 16.8 Å². The summed E-state index contributed by atoms with van der Waals surface area (Å²) in [6.07, 6.45) is 9.17. The Balaban J connectivity index is 3.05. The minimum absolute atomic E-state index is 0.0752. The fraction of sp³-hybridized carbons (Fsp3) is 0.773. The van der Waals surface area contributed by atoms with Gasteiger partial charge in [-0.05, 0) is 51.9 Å². The van der Waals surface area contributed by atoms with Crippen molar-refractivity contribution in [2.75, 3.05) is 5.75 Å². The van der Waals surface area contributed by atoms with Gasteiger partial charge in [-0.1, -0.05) is 61.2 Å². The van der Waals surface area contributed by atoms with Crippen LogP contribution >= 0.6 is 15.9 Å². The quantitative estimate of drug-likeness (QED) is 0.276. The third-order valence-electron chi connectivity index (χ3n) is 6.12. The van der Waals surface area contributed by atoms with Crippen molar-refractivity contribution in [2.24, 2.45) is 11.3 Å². The molecule has 2 unspecified atom stereocenters. The Morgan fingerprint density at radius 2 is 1.48 bits per heavy atom. The zero-order valence-corrected chi connectivity index (χ0v) is 21.9. The Bertz CT molecular complexity index is 807. The summed E-state index contributed by atoms with van der Waals surface area (Å²) in [5.41, 5.74) is -1.20. The highest BCUT2D eigenvalue weighted by molar-refractivity contribution is 9.11. The summed E-state index contributed by atoms with van der Waals surface area (Å²) in [6, 6.07) is 0. The molecule has 0 aromatic heterocycles. The van der Waals surface area contributed by atoms with Gasteiger partial charge in [0.25, 0.3) is 0 Å². The number of rotatable bonds is 10. The lowest BCUT2D eigenvalue weighted by Crippen LogP contribution is -2.41. The van der Waals surface area contributed by atoms with E-state index in [1.807, 2.05) is 0 Å². The van der Waals surface area contributed by atoms with E-state index >= 15 is 0 Å². The smallest absolute Gasteiger partial charge is 0.312 e. The minimum atomic E-state index is -3.68. The molecule has 1 rings (SSSR count). The molecule has 0 aromatic rings. The summed E-state index contributed by atoms with van der Waals surface area (Å²) in [5.74, 6) is -1.67. The summed E-state index contributed by atoms with van der Waals surface area (Å²) in [5, 5.41) is 1.67. The lowest BCUT2D eigenvalue weighted by Gasteiger charge is -2.34. The maximum absolute atomic E-state index is 13.2. The van der Waals surface area contributed by atoms with Gasteiger partial charge in [-0.2, -0.15) is 0 Å². The van der Waals surface area contributed by atoms with Crippen LogP contribution in [0.2, 0.25) is 0 Å². The molecule has 0 radical (unpaired) electrons. The number of esters is 1. The first kappa shape index (κ1) is 28.4. The number of carbonyl (C=O) groups excluding carboxylic acids is 1. The van der Waals surface area contributed by atoms with Gasteiger partial charge >= 0.3 is 5.97 Å². The predicted molar refractivity (Wildman–Crippen MR) is 129 cm³/mol. The molecule has 0 heterocycles. The maximum Gasteiger partial charge on any atom is 0.312 e. The van der Waals surface area contributed by atoms with E-state index in [2.05, 4.69) is 29.1 Å². The molecule has 0 aromatic carbocycles. The van der Waals surface area contributed by atoms with Gasteiger partial charge in [0.1, 0.15) is 10.3 Å². The van der Waals surface area contributed by atoms with E-state index in [-0.39, 0.29) is 12.5 Å². The SMILES string of the molecule is C=CS(=O)(=O)CC(CC(Br)S(=O)(=O)C=C)C(C)(C)C(=O)OC1CCCCCCCCC1. The number of sulfone groups is 2. The fourth-order valence-corrected chi connectivity index (χ4v) is 6.61. The fourth-order valence-electron chi connectivity index (χ4n) is 3.74. The molecule has 0 bridgehead atoms. The van der Waals surface area contributed by atoms with Crippen LogP contribution in [-0.4, -0.2) is 38.8 Å². The summed E-state index contributed by atoms with van der Waals surface area (Å²) in [6.45, 7) is 9.90. The lowest BCUT2D eigenvalue weighted by molar-refractivity contribution is -0.163.